The molecule has 0 aliphatic carbocycles. The fourth-order valence-electron chi connectivity index (χ4n) is 5.27. The summed E-state index contributed by atoms with van der Waals surface area (Å²) >= 11 is 0. The summed E-state index contributed by atoms with van der Waals surface area (Å²) < 4.78 is 32.0. The number of ether oxygens (including phenoxy) is 2. The van der Waals surface area contributed by atoms with E-state index in [0.29, 0.717) is 24.7 Å². The fraction of sp³-hybridized carbons (Fsp3) is 0.560. The summed E-state index contributed by atoms with van der Waals surface area (Å²) in [6.07, 6.45) is 8.52. The van der Waals surface area contributed by atoms with Crippen LogP contribution in [0.4, 0.5) is 11.5 Å². The van der Waals surface area contributed by atoms with Crippen molar-refractivity contribution in [1.82, 2.24) is 19.7 Å². The first kappa shape index (κ1) is 22.9. The molecule has 0 amide bonds. The zero-order chi connectivity index (χ0) is 23.8. The van der Waals surface area contributed by atoms with E-state index in [-0.39, 0.29) is 12.3 Å². The van der Waals surface area contributed by atoms with Crippen molar-refractivity contribution in [3.05, 3.63) is 30.6 Å². The maximum absolute atomic E-state index is 13.5. The van der Waals surface area contributed by atoms with Crippen molar-refractivity contribution in [3.8, 4) is 11.4 Å². The van der Waals surface area contributed by atoms with Crippen LogP contribution >= 0.6 is 0 Å². The quantitative estimate of drug-likeness (QED) is 0.531. The second kappa shape index (κ2) is 9.48. The van der Waals surface area contributed by atoms with Gasteiger partial charge in [-0.2, -0.15) is 9.46 Å². The summed E-state index contributed by atoms with van der Waals surface area (Å²) in [5.41, 5.74) is 3.10. The molecule has 3 aromatic rings. The zero-order valence-electron chi connectivity index (χ0n) is 20.1. The highest BCUT2D eigenvalue weighted by Gasteiger charge is 2.26. The number of morpholine rings is 1. The second-order valence-corrected chi connectivity index (χ2v) is 12.2. The Balaban J connectivity index is 1.55. The van der Waals surface area contributed by atoms with Crippen LogP contribution in [0.1, 0.15) is 45.3 Å². The fourth-order valence-corrected chi connectivity index (χ4v) is 7.48. The Morgan fingerprint density at radius 3 is 2.80 bits per heavy atom. The van der Waals surface area contributed by atoms with Crippen LogP contribution in [-0.4, -0.2) is 67.9 Å². The van der Waals surface area contributed by atoms with E-state index >= 15 is 0 Å². The monoisotopic (exact) mass is 496 g/mol. The van der Waals surface area contributed by atoms with Crippen molar-refractivity contribution in [3.63, 3.8) is 0 Å². The van der Waals surface area contributed by atoms with Gasteiger partial charge in [0.05, 0.1) is 40.4 Å². The highest BCUT2D eigenvalue weighted by atomic mass is 32.2. The van der Waals surface area contributed by atoms with Crippen LogP contribution in [0.15, 0.2) is 35.0 Å². The number of fused-ring (bicyclic) bond motifs is 1. The molecule has 35 heavy (non-hydrogen) atoms. The third-order valence-electron chi connectivity index (χ3n) is 7.14. The van der Waals surface area contributed by atoms with Gasteiger partial charge in [-0.15, -0.1) is 0 Å². The van der Waals surface area contributed by atoms with E-state index in [2.05, 4.69) is 16.9 Å². The topological polar surface area (TPSA) is 94.7 Å². The molecule has 9 nitrogen and oxygen atoms in total. The summed E-state index contributed by atoms with van der Waals surface area (Å²) in [6, 6.07) is 6.09. The Morgan fingerprint density at radius 1 is 1.11 bits per heavy atom. The van der Waals surface area contributed by atoms with Gasteiger partial charge in [0.15, 0.2) is 6.23 Å². The molecule has 3 aliphatic heterocycles. The smallest absolute Gasteiger partial charge is 0.150 e. The number of pyridine rings is 2. The standard InChI is InChI=1S/C25H32N6O3S/c1-18-17-33-13-11-30(18)22-16-20(29-35(32)14-4-5-15-35)19-7-9-26-25(24(19)28-22)21-8-10-27-31(21)23-6-2-3-12-34-23/h7-10,16,18,23H,2-6,11-15,17H2,1H3/t18-,23?/m1/s1. The number of anilines is 1. The Labute approximate surface area is 206 Å². The molecule has 0 radical (unpaired) electrons. The van der Waals surface area contributed by atoms with Crippen molar-refractivity contribution < 1.29 is 13.7 Å². The minimum atomic E-state index is -2.26. The Morgan fingerprint density at radius 2 is 2.00 bits per heavy atom. The first-order valence-electron chi connectivity index (χ1n) is 12.6. The molecular weight excluding hydrogens is 464 g/mol. The normalized spacial score (nSPS) is 24.7. The van der Waals surface area contributed by atoms with Crippen LogP contribution in [0.2, 0.25) is 0 Å². The first-order valence-corrected chi connectivity index (χ1v) is 14.5. The summed E-state index contributed by atoms with van der Waals surface area (Å²) in [7, 11) is -2.26. The van der Waals surface area contributed by atoms with Crippen molar-refractivity contribution in [2.75, 3.05) is 42.8 Å². The molecule has 0 saturated carbocycles. The van der Waals surface area contributed by atoms with Crippen molar-refractivity contribution in [2.45, 2.75) is 51.3 Å². The molecule has 3 fully saturated rings. The summed E-state index contributed by atoms with van der Waals surface area (Å²) in [6.45, 7) is 4.92. The molecular formula is C25H32N6O3S. The molecule has 186 valence electrons. The van der Waals surface area contributed by atoms with Crippen LogP contribution in [-0.2, 0) is 19.2 Å². The summed E-state index contributed by atoms with van der Waals surface area (Å²) in [5, 5.41) is 5.46. The molecule has 3 aromatic heterocycles. The highest BCUT2D eigenvalue weighted by molar-refractivity contribution is 7.93. The molecule has 3 saturated heterocycles. The van der Waals surface area contributed by atoms with Gasteiger partial charge in [-0.1, -0.05) is 0 Å². The largest absolute Gasteiger partial charge is 0.377 e. The van der Waals surface area contributed by atoms with Gasteiger partial charge in [0.1, 0.15) is 17.0 Å². The van der Waals surface area contributed by atoms with Crippen LogP contribution in [0.5, 0.6) is 0 Å². The number of nitrogens with zero attached hydrogens (tertiary/aromatic N) is 6. The van der Waals surface area contributed by atoms with Gasteiger partial charge in [-0.05, 0) is 51.2 Å². The molecule has 0 spiro atoms. The van der Waals surface area contributed by atoms with Crippen molar-refractivity contribution in [2.24, 2.45) is 4.36 Å². The second-order valence-electron chi connectivity index (χ2n) is 9.63. The Hall–Kier alpha value is -2.56. The van der Waals surface area contributed by atoms with E-state index in [1.807, 2.05) is 22.9 Å². The van der Waals surface area contributed by atoms with E-state index in [1.165, 1.54) is 0 Å². The van der Waals surface area contributed by atoms with Gasteiger partial charge in [0, 0.05) is 48.5 Å². The number of rotatable bonds is 4. The molecule has 6 heterocycles. The lowest BCUT2D eigenvalue weighted by molar-refractivity contribution is -0.0383. The zero-order valence-corrected chi connectivity index (χ0v) is 21.0. The molecule has 1 unspecified atom stereocenters. The predicted octanol–water partition coefficient (Wildman–Crippen LogP) is 4.31. The average molecular weight is 497 g/mol. The van der Waals surface area contributed by atoms with Gasteiger partial charge in [-0.25, -0.2) is 13.9 Å². The first-order chi connectivity index (χ1) is 17.1. The molecule has 6 rings (SSSR count). The summed E-state index contributed by atoms with van der Waals surface area (Å²) in [4.78, 5) is 12.1. The Kier molecular flexibility index (Phi) is 6.19. The van der Waals surface area contributed by atoms with E-state index in [9.17, 15) is 4.21 Å². The van der Waals surface area contributed by atoms with E-state index < -0.39 is 9.73 Å². The van der Waals surface area contributed by atoms with Gasteiger partial charge >= 0.3 is 0 Å². The summed E-state index contributed by atoms with van der Waals surface area (Å²) in [5.74, 6) is 2.13. The molecule has 2 atom stereocenters. The predicted molar refractivity (Wildman–Crippen MR) is 136 cm³/mol. The van der Waals surface area contributed by atoms with Gasteiger partial charge in [-0.3, -0.25) is 4.98 Å². The lowest BCUT2D eigenvalue weighted by Gasteiger charge is -2.34. The number of hydrogen-bond donors (Lipinski definition) is 0. The van der Waals surface area contributed by atoms with Gasteiger partial charge in [0.25, 0.3) is 0 Å². The lowest BCUT2D eigenvalue weighted by atomic mass is 10.1. The van der Waals surface area contributed by atoms with Gasteiger partial charge in [0.2, 0.25) is 0 Å². The minimum Gasteiger partial charge on any atom is -0.377 e. The highest BCUT2D eigenvalue weighted by Crippen LogP contribution is 2.37. The maximum atomic E-state index is 13.5. The number of aromatic nitrogens is 4. The SMILES string of the molecule is C[C@@H]1COCCN1c1cc(N=S2(=O)CCCC2)c2ccnc(-c3ccnn3C3CCCCO3)c2n1. The number of hydrogen-bond acceptors (Lipinski definition) is 8. The molecule has 10 heteroatoms. The minimum absolute atomic E-state index is 0.106. The third-order valence-corrected chi connectivity index (χ3v) is 9.52. The van der Waals surface area contributed by atoms with E-state index in [4.69, 9.17) is 23.8 Å². The van der Waals surface area contributed by atoms with Crippen LogP contribution in [0.3, 0.4) is 0 Å². The van der Waals surface area contributed by atoms with Crippen molar-refractivity contribution in [1.29, 1.82) is 0 Å². The van der Waals surface area contributed by atoms with Crippen LogP contribution in [0.25, 0.3) is 22.3 Å². The molecule has 0 bridgehead atoms. The average Bonchev–Trinajstić information content (AvgIpc) is 3.54. The molecule has 0 aromatic carbocycles. The molecule has 3 aliphatic rings. The maximum Gasteiger partial charge on any atom is 0.150 e. The lowest BCUT2D eigenvalue weighted by Crippen LogP contribution is -2.44. The van der Waals surface area contributed by atoms with Crippen molar-refractivity contribution >= 4 is 32.1 Å². The van der Waals surface area contributed by atoms with Gasteiger partial charge < -0.3 is 14.4 Å². The van der Waals surface area contributed by atoms with E-state index in [0.717, 1.165) is 79.1 Å². The third kappa shape index (κ3) is 4.43. The molecule has 0 N–H and O–H groups in total. The van der Waals surface area contributed by atoms with E-state index in [1.54, 1.807) is 12.4 Å². The van der Waals surface area contributed by atoms with Crippen LogP contribution in [0, 0.1) is 0 Å². The van der Waals surface area contributed by atoms with Crippen LogP contribution < -0.4 is 4.90 Å². The Bertz CT molecular complexity index is 1330.